The van der Waals surface area contributed by atoms with E-state index in [-0.39, 0.29) is 46.9 Å². The third-order valence-electron chi connectivity index (χ3n) is 13.4. The van der Waals surface area contributed by atoms with E-state index in [0.717, 1.165) is 48.7 Å². The maximum Gasteiger partial charge on any atom is 4.00 e. The van der Waals surface area contributed by atoms with Crippen molar-refractivity contribution in [2.45, 2.75) is 336 Å². The van der Waals surface area contributed by atoms with Crippen LogP contribution in [0, 0.1) is 0 Å². The summed E-state index contributed by atoms with van der Waals surface area (Å²) in [4.78, 5) is 40.7. The molecule has 0 saturated heterocycles. The van der Waals surface area contributed by atoms with E-state index in [1.54, 1.807) is 0 Å². The Hall–Kier alpha value is 0.0787. The first-order chi connectivity index (χ1) is 37.1. The van der Waals surface area contributed by atoms with Crippen molar-refractivity contribution in [2.75, 3.05) is 46.0 Å². The molecule has 0 aliphatic heterocycles. The predicted molar refractivity (Wildman–Crippen MR) is 339 cm³/mol. The second-order valence-corrected chi connectivity index (χ2v) is 25.7. The van der Waals surface area contributed by atoms with Crippen LogP contribution in [0.3, 0.4) is 0 Å². The smallest absolute Gasteiger partial charge is 0.549 e. The standard InChI is InChI=1S/4C16H32O2S.Sn/c4*1-2-3-4-5-6-7-8-9-10-11-12-13-14-19-15-16(17)18;/h4*2-15H2,1H3,(H,17,18);/q;;;;+4/p-4. The van der Waals surface area contributed by atoms with Crippen LogP contribution in [0.2, 0.25) is 0 Å². The summed E-state index contributed by atoms with van der Waals surface area (Å²) in [5.74, 6) is 0.695. The van der Waals surface area contributed by atoms with Crippen LogP contribution in [-0.2, 0) is 19.2 Å². The Morgan fingerprint density at radius 2 is 0.312 bits per heavy atom. The zero-order chi connectivity index (χ0) is 56.7. The molecule has 0 spiro atoms. The van der Waals surface area contributed by atoms with Gasteiger partial charge in [0, 0.05) is 23.0 Å². The van der Waals surface area contributed by atoms with E-state index in [2.05, 4.69) is 27.7 Å². The molecule has 0 aromatic heterocycles. The summed E-state index contributed by atoms with van der Waals surface area (Å²) in [7, 11) is 0. The fourth-order valence-electron chi connectivity index (χ4n) is 8.80. The van der Waals surface area contributed by atoms with Crippen LogP contribution in [0.4, 0.5) is 0 Å². The van der Waals surface area contributed by atoms with Gasteiger partial charge < -0.3 is 39.6 Å². The number of rotatable bonds is 60. The van der Waals surface area contributed by atoms with Gasteiger partial charge in [-0.3, -0.25) is 0 Å². The van der Waals surface area contributed by atoms with Gasteiger partial charge in [0.2, 0.25) is 0 Å². The molecule has 0 rings (SSSR count). The number of carbonyl (C=O) groups excluding carboxylic acids is 4. The maximum atomic E-state index is 10.2. The molecule has 13 heteroatoms. The summed E-state index contributed by atoms with van der Waals surface area (Å²) in [5, 5.41) is 40.7. The summed E-state index contributed by atoms with van der Waals surface area (Å²) < 4.78 is 0. The normalized spacial score (nSPS) is 10.6. The first kappa shape index (κ1) is 85.9. The second kappa shape index (κ2) is 82.5. The molecular weight excluding hydrogens is 1140 g/mol. The zero-order valence-corrected chi connectivity index (χ0v) is 57.1. The van der Waals surface area contributed by atoms with E-state index in [4.69, 9.17) is 0 Å². The molecule has 0 N–H and O–H groups in total. The van der Waals surface area contributed by atoms with Crippen molar-refractivity contribution in [3.05, 3.63) is 0 Å². The van der Waals surface area contributed by atoms with E-state index in [1.807, 2.05) is 0 Å². The molecule has 0 amide bonds. The van der Waals surface area contributed by atoms with Gasteiger partial charge in [-0.2, -0.15) is 47.0 Å². The molecule has 0 aliphatic carbocycles. The van der Waals surface area contributed by atoms with Gasteiger partial charge in [-0.05, 0) is 48.7 Å². The van der Waals surface area contributed by atoms with Gasteiger partial charge in [-0.15, -0.1) is 0 Å². The average molecular weight is 1270 g/mol. The van der Waals surface area contributed by atoms with Crippen LogP contribution in [-0.4, -0.2) is 93.8 Å². The molecule has 0 aromatic carbocycles. The summed E-state index contributed by atoms with van der Waals surface area (Å²) in [6.07, 6.45) is 64.9. The minimum atomic E-state index is -0.941. The fraction of sp³-hybridized carbons (Fsp3) is 0.938. The van der Waals surface area contributed by atoms with Crippen molar-refractivity contribution in [1.82, 2.24) is 0 Å². The minimum absolute atomic E-state index is 0. The molecule has 0 saturated carbocycles. The fourth-order valence-corrected chi connectivity index (χ4v) is 11.7. The van der Waals surface area contributed by atoms with Gasteiger partial charge in [0.1, 0.15) is 0 Å². The first-order valence-electron chi connectivity index (χ1n) is 32.2. The van der Waals surface area contributed by atoms with Gasteiger partial charge in [-0.1, -0.05) is 310 Å². The van der Waals surface area contributed by atoms with Crippen LogP contribution < -0.4 is 20.4 Å². The molecule has 0 bridgehead atoms. The average Bonchev–Trinajstić information content (AvgIpc) is 3.39. The molecule has 0 heterocycles. The summed E-state index contributed by atoms with van der Waals surface area (Å²) >= 11 is 5.92. The van der Waals surface area contributed by atoms with Gasteiger partial charge in [0.25, 0.3) is 0 Å². The number of unbranched alkanes of at least 4 members (excludes halogenated alkanes) is 44. The number of aliphatic carboxylic acids is 4. The van der Waals surface area contributed by atoms with Crippen molar-refractivity contribution >= 4 is 94.8 Å². The van der Waals surface area contributed by atoms with E-state index in [0.29, 0.717) is 0 Å². The molecule has 0 atom stereocenters. The van der Waals surface area contributed by atoms with Gasteiger partial charge in [-0.25, -0.2) is 0 Å². The van der Waals surface area contributed by atoms with Crippen molar-refractivity contribution < 1.29 is 39.6 Å². The molecule has 0 aromatic rings. The van der Waals surface area contributed by atoms with Gasteiger partial charge >= 0.3 is 23.9 Å². The Morgan fingerprint density at radius 3 is 0.416 bits per heavy atom. The van der Waals surface area contributed by atoms with Crippen LogP contribution in [0.15, 0.2) is 0 Å². The monoisotopic (exact) mass is 1270 g/mol. The molecular formula is C64H124O8S4Sn. The summed E-state index contributed by atoms with van der Waals surface area (Å²) in [6, 6.07) is 0. The molecule has 456 valence electrons. The Kier molecular flexibility index (Phi) is 92.1. The number of carboxylic acids is 4. The number of thioether (sulfide) groups is 4. The number of hydrogen-bond acceptors (Lipinski definition) is 12. The van der Waals surface area contributed by atoms with Crippen LogP contribution in [0.1, 0.15) is 336 Å². The first-order valence-corrected chi connectivity index (χ1v) is 36.8. The molecule has 0 fully saturated rings. The van der Waals surface area contributed by atoms with Crippen LogP contribution in [0.25, 0.3) is 0 Å². The second-order valence-electron chi connectivity index (χ2n) is 21.3. The molecule has 0 unspecified atom stereocenters. The van der Waals surface area contributed by atoms with Crippen molar-refractivity contribution in [2.24, 2.45) is 0 Å². The van der Waals surface area contributed by atoms with Crippen LogP contribution >= 0.6 is 47.0 Å². The SMILES string of the molecule is CCCCCCCCCCCCCCSCC(=O)[O-].CCCCCCCCCCCCCCSCC(=O)[O-].CCCCCCCCCCCCCCSCC(=O)[O-].CCCCCCCCCCCCCCSCC(=O)[O-].[Sn+4]. The number of hydrogen-bond donors (Lipinski definition) is 0. The van der Waals surface area contributed by atoms with Crippen LogP contribution in [0.5, 0.6) is 0 Å². The zero-order valence-electron chi connectivity index (χ0n) is 51.0. The molecule has 77 heavy (non-hydrogen) atoms. The third-order valence-corrected chi connectivity index (χ3v) is 17.5. The topological polar surface area (TPSA) is 161 Å². The van der Waals surface area contributed by atoms with Gasteiger partial charge in [0.05, 0.1) is 23.9 Å². The van der Waals surface area contributed by atoms with E-state index in [1.165, 1.54) is 330 Å². The Labute approximate surface area is 512 Å². The summed E-state index contributed by atoms with van der Waals surface area (Å²) in [6.45, 7) is 9.04. The van der Waals surface area contributed by atoms with E-state index < -0.39 is 23.9 Å². The molecule has 8 nitrogen and oxygen atoms in total. The Bertz CT molecular complexity index is 956. The minimum Gasteiger partial charge on any atom is -0.549 e. The Morgan fingerprint density at radius 1 is 0.208 bits per heavy atom. The van der Waals surface area contributed by atoms with E-state index >= 15 is 0 Å². The number of carboxylic acid groups (broad SMARTS) is 4. The number of carbonyl (C=O) groups is 4. The summed E-state index contributed by atoms with van der Waals surface area (Å²) in [5.41, 5.74) is 0. The van der Waals surface area contributed by atoms with Crippen molar-refractivity contribution in [3.8, 4) is 0 Å². The Balaban J connectivity index is -0.000000298. The molecule has 0 radical (unpaired) electrons. The predicted octanol–water partition coefficient (Wildman–Crippen LogP) is 16.3. The molecule has 0 aliphatic rings. The van der Waals surface area contributed by atoms with Gasteiger partial charge in [0.15, 0.2) is 0 Å². The largest absolute Gasteiger partial charge is 4.00 e. The third kappa shape index (κ3) is 102. The quantitative estimate of drug-likeness (QED) is 0.0419. The van der Waals surface area contributed by atoms with Crippen molar-refractivity contribution in [3.63, 3.8) is 0 Å². The van der Waals surface area contributed by atoms with E-state index in [9.17, 15) is 39.6 Å². The van der Waals surface area contributed by atoms with Crippen molar-refractivity contribution in [1.29, 1.82) is 0 Å². The maximum absolute atomic E-state index is 10.2.